The fourth-order valence-electron chi connectivity index (χ4n) is 10.7. The van der Waals surface area contributed by atoms with Crippen LogP contribution in [0.4, 0.5) is 34.1 Å². The molecule has 0 bridgehead atoms. The Bertz CT molecular complexity index is 3200. The Hall–Kier alpha value is -8.32. The lowest BCUT2D eigenvalue weighted by atomic mass is 9.73. The summed E-state index contributed by atoms with van der Waals surface area (Å²) in [5.41, 5.74) is 19.0. The Kier molecular flexibility index (Phi) is 7.95. The molecule has 8 aromatic carbocycles. The molecule has 2 aliphatic heterocycles. The molecule has 0 saturated heterocycles. The number of fused-ring (bicyclic) bond motifs is 7. The average molecular weight is 821 g/mol. The van der Waals surface area contributed by atoms with E-state index in [1.807, 2.05) is 0 Å². The van der Waals surface area contributed by atoms with Gasteiger partial charge in [-0.05, 0) is 123 Å². The lowest BCUT2D eigenvalue weighted by Gasteiger charge is -2.42. The van der Waals surface area contributed by atoms with E-state index in [4.69, 9.17) is 9.97 Å². The van der Waals surface area contributed by atoms with E-state index in [-0.39, 0.29) is 22.2 Å². The summed E-state index contributed by atoms with van der Waals surface area (Å²) in [6, 6.07) is 65.4. The molecule has 6 heteroatoms. The van der Waals surface area contributed by atoms with Gasteiger partial charge in [-0.2, -0.15) is 10.5 Å². The molecule has 3 aliphatic rings. The van der Waals surface area contributed by atoms with Crippen LogP contribution in [-0.2, 0) is 10.8 Å². The maximum atomic E-state index is 10.0. The van der Waals surface area contributed by atoms with Crippen molar-refractivity contribution >= 4 is 44.9 Å². The van der Waals surface area contributed by atoms with E-state index in [2.05, 4.69) is 219 Å². The Morgan fingerprint density at radius 1 is 0.406 bits per heavy atom. The van der Waals surface area contributed by atoms with Crippen LogP contribution in [0.5, 0.6) is 0 Å². The van der Waals surface area contributed by atoms with Crippen LogP contribution >= 0.6 is 0 Å². The largest absolute Gasteiger partial charge is 0.310 e. The van der Waals surface area contributed by atoms with Gasteiger partial charge in [0, 0.05) is 38.7 Å². The molecule has 0 saturated carbocycles. The van der Waals surface area contributed by atoms with E-state index in [1.165, 1.54) is 45.0 Å². The van der Waals surface area contributed by atoms with Crippen molar-refractivity contribution in [2.24, 2.45) is 0 Å². The van der Waals surface area contributed by atoms with Gasteiger partial charge >= 0.3 is 0 Å². The van der Waals surface area contributed by atoms with Crippen molar-refractivity contribution in [3.05, 3.63) is 203 Å². The molecular formula is C58H40N6. The summed E-state index contributed by atoms with van der Waals surface area (Å²) in [6.45, 7) is 9.22. The van der Waals surface area contributed by atoms with Crippen molar-refractivity contribution in [2.75, 3.05) is 9.80 Å². The standard InChI is InChI=1S/C58H40N6/c1-57(2)44-13-5-9-17-50(44)63(51-18-10-6-14-45(51)57)40-25-21-35(22-26-40)37-29-39-30-38(32-43-54(39)42(31-37)55-56(43)62-49(34-60)48(33-59)61-55)36-23-27-41(28-24-36)64-52-19-11-7-15-46(52)58(3,4)47-16-8-12-20-53(47)64/h5-32H,1-4H3. The Morgan fingerprint density at radius 2 is 0.734 bits per heavy atom. The third kappa shape index (κ3) is 5.30. The van der Waals surface area contributed by atoms with Gasteiger partial charge in [0.25, 0.3) is 0 Å². The molecule has 0 radical (unpaired) electrons. The second kappa shape index (κ2) is 13.6. The van der Waals surface area contributed by atoms with E-state index in [1.54, 1.807) is 0 Å². The minimum atomic E-state index is -0.140. The molecule has 1 aromatic heterocycles. The summed E-state index contributed by atoms with van der Waals surface area (Å²) in [5.74, 6) is 0. The van der Waals surface area contributed by atoms with Gasteiger partial charge in [-0.1, -0.05) is 125 Å². The molecule has 0 atom stereocenters. The number of hydrogen-bond acceptors (Lipinski definition) is 6. The number of rotatable bonds is 4. The number of benzene rings is 8. The average Bonchev–Trinajstić information content (AvgIpc) is 3.64. The van der Waals surface area contributed by atoms with Crippen LogP contribution < -0.4 is 9.80 Å². The molecular weight excluding hydrogens is 781 g/mol. The van der Waals surface area contributed by atoms with Crippen LogP contribution in [0.15, 0.2) is 170 Å². The Balaban J connectivity index is 0.980. The summed E-state index contributed by atoms with van der Waals surface area (Å²) in [4.78, 5) is 14.3. The van der Waals surface area contributed by atoms with E-state index >= 15 is 0 Å². The third-order valence-corrected chi connectivity index (χ3v) is 13.9. The number of aromatic nitrogens is 2. The minimum Gasteiger partial charge on any atom is -0.310 e. The van der Waals surface area contributed by atoms with Crippen LogP contribution in [0.25, 0.3) is 55.5 Å². The van der Waals surface area contributed by atoms with Gasteiger partial charge in [-0.3, -0.25) is 0 Å². The molecule has 12 rings (SSSR count). The Labute approximate surface area is 372 Å². The molecule has 0 N–H and O–H groups in total. The van der Waals surface area contributed by atoms with Gasteiger partial charge in [0.15, 0.2) is 11.4 Å². The zero-order valence-electron chi connectivity index (χ0n) is 35.8. The van der Waals surface area contributed by atoms with E-state index in [9.17, 15) is 10.5 Å². The SMILES string of the molecule is CC1(C)c2ccccc2N(c2ccc(-c3cc4c5c(cc(-c6ccc(N7c8ccccc8C(C)(C)c8ccccc87)cc6)cc5c3)-c3nc(C#N)c(C#N)nc3-4)cc2)c2ccccc21. The Morgan fingerprint density at radius 3 is 1.06 bits per heavy atom. The summed E-state index contributed by atoms with van der Waals surface area (Å²) >= 11 is 0. The summed E-state index contributed by atoms with van der Waals surface area (Å²) in [7, 11) is 0. The topological polar surface area (TPSA) is 79.8 Å². The first-order valence-electron chi connectivity index (χ1n) is 21.7. The second-order valence-electron chi connectivity index (χ2n) is 18.1. The quantitative estimate of drug-likeness (QED) is 0.176. The fraction of sp³-hybridized carbons (Fsp3) is 0.103. The normalized spacial score (nSPS) is 14.4. The van der Waals surface area contributed by atoms with Crippen molar-refractivity contribution in [1.29, 1.82) is 10.5 Å². The van der Waals surface area contributed by atoms with Crippen LogP contribution in [0, 0.1) is 22.7 Å². The first kappa shape index (κ1) is 37.4. The van der Waals surface area contributed by atoms with Crippen LogP contribution in [0.1, 0.15) is 61.3 Å². The van der Waals surface area contributed by atoms with Gasteiger partial charge < -0.3 is 9.80 Å². The molecule has 3 heterocycles. The van der Waals surface area contributed by atoms with Gasteiger partial charge in [0.2, 0.25) is 0 Å². The lowest BCUT2D eigenvalue weighted by Crippen LogP contribution is -2.30. The number of nitriles is 2. The van der Waals surface area contributed by atoms with Gasteiger partial charge in [0.1, 0.15) is 12.1 Å². The molecule has 0 fully saturated rings. The first-order chi connectivity index (χ1) is 31.1. The number of para-hydroxylation sites is 4. The molecule has 0 unspecified atom stereocenters. The smallest absolute Gasteiger partial charge is 0.177 e. The van der Waals surface area contributed by atoms with Gasteiger partial charge in [0.05, 0.1) is 34.1 Å². The van der Waals surface area contributed by atoms with Crippen molar-refractivity contribution in [3.8, 4) is 56.9 Å². The first-order valence-corrected chi connectivity index (χ1v) is 21.7. The predicted octanol–water partition coefficient (Wildman–Crippen LogP) is 14.6. The lowest BCUT2D eigenvalue weighted by molar-refractivity contribution is 0.632. The van der Waals surface area contributed by atoms with Crippen molar-refractivity contribution in [3.63, 3.8) is 0 Å². The van der Waals surface area contributed by atoms with Crippen molar-refractivity contribution < 1.29 is 0 Å². The highest BCUT2D eigenvalue weighted by Gasteiger charge is 2.38. The van der Waals surface area contributed by atoms with Gasteiger partial charge in [-0.15, -0.1) is 0 Å². The monoisotopic (exact) mass is 820 g/mol. The predicted molar refractivity (Wildman–Crippen MR) is 258 cm³/mol. The molecule has 0 amide bonds. The minimum absolute atomic E-state index is 0.0299. The molecule has 302 valence electrons. The molecule has 6 nitrogen and oxygen atoms in total. The number of nitrogens with zero attached hydrogens (tertiary/aromatic N) is 6. The zero-order valence-corrected chi connectivity index (χ0v) is 35.8. The molecule has 9 aromatic rings. The zero-order chi connectivity index (χ0) is 43.5. The number of anilines is 6. The summed E-state index contributed by atoms with van der Waals surface area (Å²) < 4.78 is 0. The maximum absolute atomic E-state index is 10.0. The summed E-state index contributed by atoms with van der Waals surface area (Å²) in [5, 5.41) is 22.1. The number of hydrogen-bond donors (Lipinski definition) is 0. The molecule has 0 spiro atoms. The van der Waals surface area contributed by atoms with E-state index < -0.39 is 0 Å². The van der Waals surface area contributed by atoms with Crippen molar-refractivity contribution in [2.45, 2.75) is 38.5 Å². The fourth-order valence-corrected chi connectivity index (χ4v) is 10.7. The highest BCUT2D eigenvalue weighted by Crippen LogP contribution is 2.54. The van der Waals surface area contributed by atoms with Crippen LogP contribution in [-0.4, -0.2) is 9.97 Å². The summed E-state index contributed by atoms with van der Waals surface area (Å²) in [6.07, 6.45) is 0. The van der Waals surface area contributed by atoms with E-state index in [0.29, 0.717) is 11.4 Å². The van der Waals surface area contributed by atoms with Crippen LogP contribution in [0.2, 0.25) is 0 Å². The second-order valence-corrected chi connectivity index (χ2v) is 18.1. The molecule has 64 heavy (non-hydrogen) atoms. The third-order valence-electron chi connectivity index (χ3n) is 13.9. The molecule has 1 aliphatic carbocycles. The highest BCUT2D eigenvalue weighted by molar-refractivity contribution is 6.16. The maximum Gasteiger partial charge on any atom is 0.177 e. The van der Waals surface area contributed by atoms with E-state index in [0.717, 1.165) is 55.5 Å². The van der Waals surface area contributed by atoms with Gasteiger partial charge in [-0.25, -0.2) is 9.97 Å². The van der Waals surface area contributed by atoms with Crippen molar-refractivity contribution in [1.82, 2.24) is 9.97 Å². The van der Waals surface area contributed by atoms with Crippen LogP contribution in [0.3, 0.4) is 0 Å². The highest BCUT2D eigenvalue weighted by atomic mass is 15.2.